The van der Waals surface area contributed by atoms with E-state index in [1.807, 2.05) is 32.9 Å². The number of nitrogens with one attached hydrogen (secondary N) is 1. The van der Waals surface area contributed by atoms with Crippen molar-refractivity contribution >= 4 is 17.6 Å². The standard InChI is InChI=1S/C22H27NO4/c1-4-5-6-20(22(25)26)27-19-9-7-17(8-10-19)14-21(24)23-18-12-15(2)11-16(3)13-18/h7-13,20H,4-6,14H2,1-3H3,(H,23,24)(H,25,26). The van der Waals surface area contributed by atoms with Gasteiger partial charge in [-0.05, 0) is 67.6 Å². The lowest BCUT2D eigenvalue weighted by atomic mass is 10.1. The molecule has 0 aliphatic carbocycles. The van der Waals surface area contributed by atoms with Gasteiger partial charge in [-0.2, -0.15) is 0 Å². The van der Waals surface area contributed by atoms with Crippen LogP contribution in [0.2, 0.25) is 0 Å². The van der Waals surface area contributed by atoms with Crippen molar-refractivity contribution in [3.05, 3.63) is 59.2 Å². The zero-order valence-corrected chi connectivity index (χ0v) is 16.1. The van der Waals surface area contributed by atoms with E-state index in [2.05, 4.69) is 11.4 Å². The second-order valence-electron chi connectivity index (χ2n) is 6.83. The molecule has 1 atom stereocenters. The Morgan fingerprint density at radius 3 is 2.26 bits per heavy atom. The highest BCUT2D eigenvalue weighted by atomic mass is 16.5. The molecule has 2 aromatic rings. The smallest absolute Gasteiger partial charge is 0.344 e. The number of amides is 1. The molecule has 1 amide bonds. The molecule has 5 nitrogen and oxygen atoms in total. The molecule has 0 bridgehead atoms. The van der Waals surface area contributed by atoms with E-state index in [4.69, 9.17) is 4.74 Å². The van der Waals surface area contributed by atoms with Gasteiger partial charge in [0, 0.05) is 5.69 Å². The normalized spacial score (nSPS) is 11.7. The molecule has 2 aromatic carbocycles. The molecule has 0 spiro atoms. The largest absolute Gasteiger partial charge is 0.479 e. The molecule has 2 N–H and O–H groups in total. The van der Waals surface area contributed by atoms with Crippen molar-refractivity contribution in [2.45, 2.75) is 52.6 Å². The fourth-order valence-corrected chi connectivity index (χ4v) is 2.91. The number of aliphatic carboxylic acids is 1. The highest BCUT2D eigenvalue weighted by Gasteiger charge is 2.18. The maximum absolute atomic E-state index is 12.3. The third kappa shape index (κ3) is 6.77. The van der Waals surface area contributed by atoms with Crippen molar-refractivity contribution in [3.63, 3.8) is 0 Å². The van der Waals surface area contributed by atoms with Gasteiger partial charge in [0.15, 0.2) is 6.10 Å². The number of carboxylic acids is 1. The molecular formula is C22H27NO4. The number of aryl methyl sites for hydroxylation is 2. The Labute approximate surface area is 160 Å². The van der Waals surface area contributed by atoms with Crippen molar-refractivity contribution in [3.8, 4) is 5.75 Å². The quantitative estimate of drug-likeness (QED) is 0.682. The number of unbranched alkanes of at least 4 members (excludes halogenated alkanes) is 1. The van der Waals surface area contributed by atoms with E-state index in [0.29, 0.717) is 12.2 Å². The van der Waals surface area contributed by atoms with Crippen LogP contribution in [0.25, 0.3) is 0 Å². The van der Waals surface area contributed by atoms with Gasteiger partial charge in [0.1, 0.15) is 5.75 Å². The van der Waals surface area contributed by atoms with Crippen molar-refractivity contribution in [2.24, 2.45) is 0 Å². The summed E-state index contributed by atoms with van der Waals surface area (Å²) in [6, 6.07) is 12.9. The van der Waals surface area contributed by atoms with Crippen molar-refractivity contribution in [1.82, 2.24) is 0 Å². The monoisotopic (exact) mass is 369 g/mol. The third-order valence-electron chi connectivity index (χ3n) is 4.17. The lowest BCUT2D eigenvalue weighted by molar-refractivity contribution is -0.145. The Balaban J connectivity index is 1.94. The molecule has 0 saturated carbocycles. The van der Waals surface area contributed by atoms with Gasteiger partial charge in [0.05, 0.1) is 6.42 Å². The minimum absolute atomic E-state index is 0.0972. The molecule has 27 heavy (non-hydrogen) atoms. The molecule has 0 aliphatic heterocycles. The molecule has 0 aromatic heterocycles. The zero-order chi connectivity index (χ0) is 19.8. The van der Waals surface area contributed by atoms with Gasteiger partial charge in [-0.1, -0.05) is 31.5 Å². The molecule has 0 radical (unpaired) electrons. The Morgan fingerprint density at radius 2 is 1.70 bits per heavy atom. The van der Waals surface area contributed by atoms with E-state index in [1.54, 1.807) is 24.3 Å². The summed E-state index contributed by atoms with van der Waals surface area (Å²) in [6.07, 6.45) is 1.59. The van der Waals surface area contributed by atoms with Gasteiger partial charge in [-0.3, -0.25) is 4.79 Å². The van der Waals surface area contributed by atoms with Crippen LogP contribution < -0.4 is 10.1 Å². The number of rotatable bonds is 9. The van der Waals surface area contributed by atoms with Crippen LogP contribution in [-0.2, 0) is 16.0 Å². The summed E-state index contributed by atoms with van der Waals surface area (Å²) in [4.78, 5) is 23.5. The number of carboxylic acid groups (broad SMARTS) is 1. The van der Waals surface area contributed by atoms with Gasteiger partial charge in [0.2, 0.25) is 5.91 Å². The van der Waals surface area contributed by atoms with Crippen LogP contribution in [-0.4, -0.2) is 23.1 Å². The fraction of sp³-hybridized carbons (Fsp3) is 0.364. The second-order valence-corrected chi connectivity index (χ2v) is 6.83. The van der Waals surface area contributed by atoms with E-state index in [-0.39, 0.29) is 12.3 Å². The van der Waals surface area contributed by atoms with Crippen LogP contribution in [0, 0.1) is 13.8 Å². The van der Waals surface area contributed by atoms with Gasteiger partial charge in [-0.15, -0.1) is 0 Å². The Kier molecular flexibility index (Phi) is 7.41. The topological polar surface area (TPSA) is 75.6 Å². The first-order valence-electron chi connectivity index (χ1n) is 9.24. The minimum atomic E-state index is -0.958. The van der Waals surface area contributed by atoms with E-state index < -0.39 is 12.1 Å². The van der Waals surface area contributed by atoms with Crippen LogP contribution in [0.5, 0.6) is 5.75 Å². The fourth-order valence-electron chi connectivity index (χ4n) is 2.91. The van der Waals surface area contributed by atoms with Crippen LogP contribution in [0.4, 0.5) is 5.69 Å². The maximum Gasteiger partial charge on any atom is 0.344 e. The number of anilines is 1. The van der Waals surface area contributed by atoms with Crippen LogP contribution >= 0.6 is 0 Å². The number of benzene rings is 2. The Hall–Kier alpha value is -2.82. The van der Waals surface area contributed by atoms with Crippen LogP contribution in [0.1, 0.15) is 42.9 Å². The predicted octanol–water partition coefficient (Wildman–Crippen LogP) is 4.51. The second kappa shape index (κ2) is 9.76. The number of carbonyl (C=O) groups excluding carboxylic acids is 1. The summed E-state index contributed by atoms with van der Waals surface area (Å²) < 4.78 is 5.56. The molecule has 0 heterocycles. The number of hydrogen-bond acceptors (Lipinski definition) is 3. The summed E-state index contributed by atoms with van der Waals surface area (Å²) in [5, 5.41) is 12.1. The summed E-state index contributed by atoms with van der Waals surface area (Å²) >= 11 is 0. The van der Waals surface area contributed by atoms with Gasteiger partial charge >= 0.3 is 5.97 Å². The van der Waals surface area contributed by atoms with Crippen molar-refractivity contribution < 1.29 is 19.4 Å². The van der Waals surface area contributed by atoms with Crippen molar-refractivity contribution in [2.75, 3.05) is 5.32 Å². The Bertz CT molecular complexity index is 763. The lowest BCUT2D eigenvalue weighted by Gasteiger charge is -2.15. The van der Waals surface area contributed by atoms with Gasteiger partial charge < -0.3 is 15.2 Å². The molecule has 0 aliphatic rings. The SMILES string of the molecule is CCCCC(Oc1ccc(CC(=O)Nc2cc(C)cc(C)c2)cc1)C(=O)O. The lowest BCUT2D eigenvalue weighted by Crippen LogP contribution is -2.26. The average Bonchev–Trinajstić information content (AvgIpc) is 2.58. The molecule has 144 valence electrons. The van der Waals surface area contributed by atoms with E-state index >= 15 is 0 Å². The molecule has 0 saturated heterocycles. The van der Waals surface area contributed by atoms with Crippen LogP contribution in [0.3, 0.4) is 0 Å². The maximum atomic E-state index is 12.3. The molecule has 0 fully saturated rings. The van der Waals surface area contributed by atoms with E-state index in [9.17, 15) is 14.7 Å². The van der Waals surface area contributed by atoms with Gasteiger partial charge in [-0.25, -0.2) is 4.79 Å². The molecular weight excluding hydrogens is 342 g/mol. The number of carbonyl (C=O) groups is 2. The summed E-state index contributed by atoms with van der Waals surface area (Å²) in [7, 11) is 0. The molecule has 1 unspecified atom stereocenters. The predicted molar refractivity (Wildman–Crippen MR) is 106 cm³/mol. The number of hydrogen-bond donors (Lipinski definition) is 2. The first kappa shape index (κ1) is 20.5. The molecule has 2 rings (SSSR count). The highest BCUT2D eigenvalue weighted by molar-refractivity contribution is 5.92. The van der Waals surface area contributed by atoms with Crippen LogP contribution in [0.15, 0.2) is 42.5 Å². The first-order chi connectivity index (χ1) is 12.9. The average molecular weight is 369 g/mol. The highest BCUT2D eigenvalue weighted by Crippen LogP contribution is 2.18. The minimum Gasteiger partial charge on any atom is -0.479 e. The van der Waals surface area contributed by atoms with E-state index in [1.165, 1.54) is 0 Å². The molecule has 5 heteroatoms. The first-order valence-corrected chi connectivity index (χ1v) is 9.24. The summed E-state index contributed by atoms with van der Waals surface area (Å²) in [6.45, 7) is 6.00. The zero-order valence-electron chi connectivity index (χ0n) is 16.1. The van der Waals surface area contributed by atoms with Crippen molar-refractivity contribution in [1.29, 1.82) is 0 Å². The summed E-state index contributed by atoms with van der Waals surface area (Å²) in [5.41, 5.74) is 3.83. The van der Waals surface area contributed by atoms with Gasteiger partial charge in [0.25, 0.3) is 0 Å². The summed E-state index contributed by atoms with van der Waals surface area (Å²) in [5.74, 6) is -0.558. The Morgan fingerprint density at radius 1 is 1.07 bits per heavy atom. The third-order valence-corrected chi connectivity index (χ3v) is 4.17. The number of ether oxygens (including phenoxy) is 1. The van der Waals surface area contributed by atoms with E-state index in [0.717, 1.165) is 35.2 Å².